The fraction of sp³-hybridized carbons (Fsp3) is 0.368. The number of rotatable bonds is 19. The number of ether oxygens (including phenoxy) is 2. The summed E-state index contributed by atoms with van der Waals surface area (Å²) in [4.78, 5) is 78.6. The van der Waals surface area contributed by atoms with Gasteiger partial charge in [0.25, 0.3) is 0 Å². The summed E-state index contributed by atoms with van der Waals surface area (Å²) in [6, 6.07) is 28.0. The van der Waals surface area contributed by atoms with E-state index in [-0.39, 0.29) is 56.6 Å². The van der Waals surface area contributed by atoms with E-state index in [4.69, 9.17) is 15.2 Å². The van der Waals surface area contributed by atoms with Gasteiger partial charge in [0.1, 0.15) is 6.04 Å². The minimum Gasteiger partial charge on any atom is -0.465 e. The van der Waals surface area contributed by atoms with Crippen LogP contribution in [-0.2, 0) is 38.2 Å². The second kappa shape index (κ2) is 19.3. The number of carbonyl (C=O) groups excluding carboxylic acids is 6. The Morgan fingerprint density at radius 3 is 1.92 bits per heavy atom. The molecule has 0 saturated carbocycles. The van der Waals surface area contributed by atoms with Crippen LogP contribution in [0.2, 0.25) is 0 Å². The molecule has 3 aromatic carbocycles. The number of amides is 4. The maximum absolute atomic E-state index is 13.9. The van der Waals surface area contributed by atoms with Gasteiger partial charge < -0.3 is 15.2 Å². The van der Waals surface area contributed by atoms with Crippen molar-refractivity contribution >= 4 is 84.0 Å². The molecule has 1 fully saturated rings. The van der Waals surface area contributed by atoms with Gasteiger partial charge in [-0.05, 0) is 13.8 Å². The van der Waals surface area contributed by atoms with Gasteiger partial charge in [0.2, 0.25) is 0 Å². The molecule has 4 rings (SSSR count). The molecule has 3 atom stereocenters. The number of hydrogen-bond donors (Lipinski definition) is 3. The number of nitrogens with one attached hydrogen (secondary N) is 2. The van der Waals surface area contributed by atoms with Crippen LogP contribution in [0.25, 0.3) is 0 Å². The standard InChI is InChI=1S/C38H46BrN4O8PS/c1-3-50-35(46)25-41-36(47)31(42-33(44)21-20-30(40)38(49)51-4-2)26-53-32-24-34(45)43(37(32)48)22-23-52(39,27-14-8-5-9-15-27,28-16-10-6-11-17-28)29-18-12-7-13-19-29/h5-19,30-32H,3-4,20-26,40H2,1-2H3,(H,41,47)(H,42,44). The van der Waals surface area contributed by atoms with Crippen molar-refractivity contribution in [2.75, 3.05) is 38.2 Å². The van der Waals surface area contributed by atoms with E-state index in [2.05, 4.69) is 62.5 Å². The average molecular weight is 830 g/mol. The summed E-state index contributed by atoms with van der Waals surface area (Å²) in [6.45, 7) is 3.26. The summed E-state index contributed by atoms with van der Waals surface area (Å²) in [5.74, 6) is -3.33. The molecule has 0 aromatic heterocycles. The first-order valence-electron chi connectivity index (χ1n) is 17.4. The summed E-state index contributed by atoms with van der Waals surface area (Å²) in [7, 11) is 0. The first-order chi connectivity index (χ1) is 25.4. The van der Waals surface area contributed by atoms with Gasteiger partial charge >= 0.3 is 265 Å². The monoisotopic (exact) mass is 828 g/mol. The van der Waals surface area contributed by atoms with E-state index in [9.17, 15) is 28.8 Å². The van der Waals surface area contributed by atoms with E-state index < -0.39 is 52.9 Å². The third-order valence-corrected chi connectivity index (χ3v) is 20.1. The topological polar surface area (TPSA) is 174 Å². The molecule has 0 aliphatic carbocycles. The zero-order valence-electron chi connectivity index (χ0n) is 29.8. The molecular formula is C38H46BrN4O8PS. The molecule has 1 aliphatic rings. The number of hydrogen-bond acceptors (Lipinski definition) is 10. The number of nitrogens with zero attached hydrogens (tertiary/aromatic N) is 1. The molecule has 4 N–H and O–H groups in total. The molecule has 15 heteroatoms. The van der Waals surface area contributed by atoms with Gasteiger partial charge in [-0.1, -0.05) is 0 Å². The first kappa shape index (κ1) is 41.7. The molecule has 53 heavy (non-hydrogen) atoms. The van der Waals surface area contributed by atoms with E-state index in [0.29, 0.717) is 6.16 Å². The molecule has 284 valence electrons. The van der Waals surface area contributed by atoms with Crippen molar-refractivity contribution in [2.45, 2.75) is 50.4 Å². The van der Waals surface area contributed by atoms with E-state index in [1.807, 2.05) is 54.6 Å². The van der Waals surface area contributed by atoms with Crippen molar-refractivity contribution in [1.82, 2.24) is 15.5 Å². The quantitative estimate of drug-likeness (QED) is 0.0926. The first-order valence-corrected chi connectivity index (χ1v) is 22.9. The summed E-state index contributed by atoms with van der Waals surface area (Å²) >= 11 is 5.44. The normalized spacial score (nSPS) is 16.2. The second-order valence-electron chi connectivity index (χ2n) is 12.4. The van der Waals surface area contributed by atoms with Gasteiger partial charge in [0.15, 0.2) is 0 Å². The van der Waals surface area contributed by atoms with Crippen LogP contribution in [-0.4, -0.2) is 96.0 Å². The Hall–Kier alpha value is -4.10. The van der Waals surface area contributed by atoms with E-state index in [1.54, 1.807) is 13.8 Å². The van der Waals surface area contributed by atoms with E-state index >= 15 is 0 Å². The third kappa shape index (κ3) is 10.1. The fourth-order valence-corrected chi connectivity index (χ4v) is 14.6. The third-order valence-electron chi connectivity index (χ3n) is 8.93. The van der Waals surface area contributed by atoms with Crippen molar-refractivity contribution in [3.05, 3.63) is 91.0 Å². The van der Waals surface area contributed by atoms with Crippen molar-refractivity contribution in [3.63, 3.8) is 0 Å². The van der Waals surface area contributed by atoms with Crippen molar-refractivity contribution < 1.29 is 38.2 Å². The summed E-state index contributed by atoms with van der Waals surface area (Å²) < 4.78 is 9.78. The molecule has 1 aliphatic heterocycles. The zero-order chi connectivity index (χ0) is 38.5. The number of carbonyl (C=O) groups is 6. The van der Waals surface area contributed by atoms with E-state index in [0.717, 1.165) is 27.7 Å². The molecule has 0 spiro atoms. The SMILES string of the molecule is CCOC(=O)CNC(=O)C(CSC1CC(=O)N(CCP(Br)(c2ccccc2)(c2ccccc2)c2ccccc2)C1=O)NC(=O)CCC(N)C(=O)OCC. The fourth-order valence-electron chi connectivity index (χ4n) is 6.17. The van der Waals surface area contributed by atoms with Gasteiger partial charge in [-0.3, -0.25) is 9.59 Å². The average Bonchev–Trinajstić information content (AvgIpc) is 3.45. The number of esters is 2. The van der Waals surface area contributed by atoms with Crippen molar-refractivity contribution in [2.24, 2.45) is 5.73 Å². The Kier molecular flexibility index (Phi) is 15.2. The van der Waals surface area contributed by atoms with Gasteiger partial charge in [0, 0.05) is 0 Å². The number of likely N-dealkylation sites (tertiary alicyclic amines) is 1. The molecule has 0 bridgehead atoms. The molecule has 3 aromatic rings. The van der Waals surface area contributed by atoms with Gasteiger partial charge in [0.05, 0.1) is 13.2 Å². The number of halogens is 1. The minimum absolute atomic E-state index is 0.0207. The van der Waals surface area contributed by atoms with Crippen molar-refractivity contribution in [3.8, 4) is 0 Å². The Balaban J connectivity index is 1.52. The van der Waals surface area contributed by atoms with Gasteiger partial charge in [-0.2, -0.15) is 0 Å². The number of nitrogens with two attached hydrogens (primary N) is 1. The van der Waals surface area contributed by atoms with Crippen LogP contribution < -0.4 is 32.3 Å². The van der Waals surface area contributed by atoms with Crippen molar-refractivity contribution in [1.29, 1.82) is 0 Å². The molecule has 1 saturated heterocycles. The zero-order valence-corrected chi connectivity index (χ0v) is 33.1. The molecule has 12 nitrogen and oxygen atoms in total. The molecule has 3 unspecified atom stereocenters. The van der Waals surface area contributed by atoms with E-state index in [1.165, 1.54) is 4.90 Å². The second-order valence-corrected chi connectivity index (χ2v) is 22.7. The number of thioether (sulfide) groups is 1. The predicted molar refractivity (Wildman–Crippen MR) is 212 cm³/mol. The smallest absolute Gasteiger partial charge is 0.465 e. The van der Waals surface area contributed by atoms with Crippen LogP contribution in [0.15, 0.2) is 91.0 Å². The van der Waals surface area contributed by atoms with Gasteiger partial charge in [-0.15, -0.1) is 0 Å². The van der Waals surface area contributed by atoms with Crippen LogP contribution in [0.1, 0.15) is 33.1 Å². The van der Waals surface area contributed by atoms with Gasteiger partial charge in [-0.25, -0.2) is 0 Å². The summed E-state index contributed by atoms with van der Waals surface area (Å²) in [6.07, 6.45) is 0.154. The number of imide groups is 1. The summed E-state index contributed by atoms with van der Waals surface area (Å²) in [5, 5.41) is 4.00. The number of benzene rings is 3. The van der Waals surface area contributed by atoms with Crippen LogP contribution >= 0.6 is 32.6 Å². The Labute approximate surface area is 322 Å². The maximum atomic E-state index is 13.9. The Morgan fingerprint density at radius 1 is 0.887 bits per heavy atom. The van der Waals surface area contributed by atoms with Crippen LogP contribution in [0.5, 0.6) is 0 Å². The van der Waals surface area contributed by atoms with Crippen LogP contribution in [0, 0.1) is 0 Å². The van der Waals surface area contributed by atoms with Crippen LogP contribution in [0.3, 0.4) is 0 Å². The minimum atomic E-state index is -3.44. The van der Waals surface area contributed by atoms with Crippen LogP contribution in [0.4, 0.5) is 0 Å². The molecular weight excluding hydrogens is 783 g/mol. The Morgan fingerprint density at radius 2 is 1.42 bits per heavy atom. The Bertz CT molecular complexity index is 1660. The molecule has 0 radical (unpaired) electrons. The summed E-state index contributed by atoms with van der Waals surface area (Å²) in [5.41, 5.74) is 5.83. The molecule has 1 heterocycles. The molecule has 4 amide bonds. The predicted octanol–water partition coefficient (Wildman–Crippen LogP) is 2.52.